The number of piperazine rings is 1. The highest BCUT2D eigenvalue weighted by Crippen LogP contribution is 2.42. The summed E-state index contributed by atoms with van der Waals surface area (Å²) in [5, 5.41) is 6.39. The van der Waals surface area contributed by atoms with Crippen LogP contribution in [0, 0.1) is 12.8 Å². The van der Waals surface area contributed by atoms with Crippen molar-refractivity contribution in [1.82, 2.24) is 10.2 Å². The number of nitrogens with one attached hydrogen (secondary N) is 1. The van der Waals surface area contributed by atoms with Crippen molar-refractivity contribution in [1.29, 1.82) is 0 Å². The van der Waals surface area contributed by atoms with Crippen molar-refractivity contribution in [2.24, 2.45) is 5.92 Å². The molecule has 1 aliphatic carbocycles. The zero-order chi connectivity index (χ0) is 14.9. The van der Waals surface area contributed by atoms with E-state index in [9.17, 15) is 0 Å². The number of hydrogen-bond acceptors (Lipinski definition) is 2. The highest BCUT2D eigenvalue weighted by atomic mass is 15.2. The van der Waals surface area contributed by atoms with Gasteiger partial charge in [0.2, 0.25) is 0 Å². The third kappa shape index (κ3) is 2.78. The van der Waals surface area contributed by atoms with Crippen LogP contribution in [0.5, 0.6) is 0 Å². The summed E-state index contributed by atoms with van der Waals surface area (Å²) in [6, 6.07) is 14.3. The van der Waals surface area contributed by atoms with E-state index in [4.69, 9.17) is 0 Å². The van der Waals surface area contributed by atoms with E-state index < -0.39 is 0 Å². The lowest BCUT2D eigenvalue weighted by atomic mass is 9.92. The van der Waals surface area contributed by atoms with E-state index >= 15 is 0 Å². The molecule has 1 saturated heterocycles. The van der Waals surface area contributed by atoms with E-state index in [-0.39, 0.29) is 0 Å². The van der Waals surface area contributed by atoms with Crippen LogP contribution in [0.25, 0.3) is 10.8 Å². The fourth-order valence-electron chi connectivity index (χ4n) is 3.90. The van der Waals surface area contributed by atoms with Crippen molar-refractivity contribution in [2.75, 3.05) is 26.2 Å². The summed E-state index contributed by atoms with van der Waals surface area (Å²) < 4.78 is 0. The van der Waals surface area contributed by atoms with Gasteiger partial charge in [0.1, 0.15) is 0 Å². The SMILES string of the molecule is Cc1ccc([C@@H](CC2CC2)N2CCNCC2)c2ccccc12. The van der Waals surface area contributed by atoms with Gasteiger partial charge in [0.25, 0.3) is 0 Å². The number of aryl methyl sites for hydroxylation is 1. The molecule has 1 heterocycles. The van der Waals surface area contributed by atoms with Crippen LogP contribution in [-0.4, -0.2) is 31.1 Å². The fraction of sp³-hybridized carbons (Fsp3) is 0.500. The van der Waals surface area contributed by atoms with Gasteiger partial charge >= 0.3 is 0 Å². The molecule has 1 atom stereocenters. The topological polar surface area (TPSA) is 15.3 Å². The Balaban J connectivity index is 1.76. The van der Waals surface area contributed by atoms with Crippen LogP contribution in [0.4, 0.5) is 0 Å². The Hall–Kier alpha value is -1.38. The van der Waals surface area contributed by atoms with Gasteiger partial charge in [-0.25, -0.2) is 0 Å². The predicted octanol–water partition coefficient (Wildman–Crippen LogP) is 3.89. The number of hydrogen-bond donors (Lipinski definition) is 1. The number of fused-ring (bicyclic) bond motifs is 1. The van der Waals surface area contributed by atoms with Gasteiger partial charge in [0.05, 0.1) is 0 Å². The van der Waals surface area contributed by atoms with Crippen LogP contribution >= 0.6 is 0 Å². The molecule has 2 aromatic rings. The second-order valence-electron chi connectivity index (χ2n) is 7.00. The summed E-state index contributed by atoms with van der Waals surface area (Å²) >= 11 is 0. The van der Waals surface area contributed by atoms with Gasteiger partial charge in [-0.05, 0) is 41.2 Å². The molecular formula is C20H26N2. The summed E-state index contributed by atoms with van der Waals surface area (Å²) in [5.41, 5.74) is 2.94. The van der Waals surface area contributed by atoms with Crippen LogP contribution < -0.4 is 5.32 Å². The molecule has 0 aromatic heterocycles. The van der Waals surface area contributed by atoms with Crippen LogP contribution in [0.2, 0.25) is 0 Å². The Labute approximate surface area is 133 Å². The third-order valence-electron chi connectivity index (χ3n) is 5.38. The van der Waals surface area contributed by atoms with E-state index in [1.165, 1.54) is 48.7 Å². The molecule has 0 amide bonds. The van der Waals surface area contributed by atoms with Gasteiger partial charge in [0.15, 0.2) is 0 Å². The summed E-state index contributed by atoms with van der Waals surface area (Å²) in [7, 11) is 0. The van der Waals surface area contributed by atoms with Crippen molar-refractivity contribution in [3.05, 3.63) is 47.5 Å². The van der Waals surface area contributed by atoms with Gasteiger partial charge in [-0.1, -0.05) is 49.2 Å². The number of rotatable bonds is 4. The molecule has 0 unspecified atom stereocenters. The first-order valence-corrected chi connectivity index (χ1v) is 8.76. The van der Waals surface area contributed by atoms with E-state index in [1.54, 1.807) is 5.56 Å². The standard InChI is InChI=1S/C20H26N2/c1-15-6-9-19(18-5-3-2-4-17(15)18)20(14-16-7-8-16)22-12-10-21-11-13-22/h2-6,9,16,20-21H,7-8,10-14H2,1H3/t20-/m1/s1. The maximum absolute atomic E-state index is 3.49. The van der Waals surface area contributed by atoms with Gasteiger partial charge in [0, 0.05) is 32.2 Å². The third-order valence-corrected chi connectivity index (χ3v) is 5.38. The minimum Gasteiger partial charge on any atom is -0.314 e. The molecule has 0 radical (unpaired) electrons. The molecule has 1 aliphatic heterocycles. The first-order chi connectivity index (χ1) is 10.8. The Bertz CT molecular complexity index is 654. The molecule has 2 fully saturated rings. The highest BCUT2D eigenvalue weighted by Gasteiger charge is 2.31. The van der Waals surface area contributed by atoms with E-state index in [2.05, 4.69) is 53.5 Å². The lowest BCUT2D eigenvalue weighted by molar-refractivity contribution is 0.161. The second-order valence-corrected chi connectivity index (χ2v) is 7.00. The minimum atomic E-state index is 0.597. The largest absolute Gasteiger partial charge is 0.314 e. The molecule has 0 spiro atoms. The molecule has 116 valence electrons. The van der Waals surface area contributed by atoms with Gasteiger partial charge < -0.3 is 5.32 Å². The van der Waals surface area contributed by atoms with Crippen LogP contribution in [0.15, 0.2) is 36.4 Å². The molecule has 1 saturated carbocycles. The number of benzene rings is 2. The first kappa shape index (κ1) is 14.2. The van der Waals surface area contributed by atoms with Crippen LogP contribution in [0.3, 0.4) is 0 Å². The van der Waals surface area contributed by atoms with Crippen LogP contribution in [0.1, 0.15) is 36.4 Å². The minimum absolute atomic E-state index is 0.597. The molecule has 2 aliphatic rings. The zero-order valence-corrected chi connectivity index (χ0v) is 13.5. The Morgan fingerprint density at radius 3 is 2.50 bits per heavy atom. The van der Waals surface area contributed by atoms with Crippen molar-refractivity contribution < 1.29 is 0 Å². The first-order valence-electron chi connectivity index (χ1n) is 8.76. The van der Waals surface area contributed by atoms with Crippen molar-refractivity contribution in [3.8, 4) is 0 Å². The molecule has 2 heteroatoms. The van der Waals surface area contributed by atoms with E-state index in [0.717, 1.165) is 19.0 Å². The molecule has 22 heavy (non-hydrogen) atoms. The second kappa shape index (κ2) is 6.02. The normalized spacial score (nSPS) is 21.1. The molecule has 0 bridgehead atoms. The summed E-state index contributed by atoms with van der Waals surface area (Å²) in [6.07, 6.45) is 4.21. The quantitative estimate of drug-likeness (QED) is 0.920. The van der Waals surface area contributed by atoms with E-state index in [0.29, 0.717) is 6.04 Å². The van der Waals surface area contributed by atoms with Gasteiger partial charge in [-0.2, -0.15) is 0 Å². The van der Waals surface area contributed by atoms with Gasteiger partial charge in [-0.3, -0.25) is 4.90 Å². The maximum atomic E-state index is 3.49. The van der Waals surface area contributed by atoms with Crippen molar-refractivity contribution in [3.63, 3.8) is 0 Å². The Kier molecular flexibility index (Phi) is 3.89. The lowest BCUT2D eigenvalue weighted by Crippen LogP contribution is -2.45. The average Bonchev–Trinajstić information content (AvgIpc) is 3.39. The number of nitrogens with zero attached hydrogens (tertiary/aromatic N) is 1. The van der Waals surface area contributed by atoms with Gasteiger partial charge in [-0.15, -0.1) is 0 Å². The predicted molar refractivity (Wildman–Crippen MR) is 93.2 cm³/mol. The van der Waals surface area contributed by atoms with Crippen molar-refractivity contribution in [2.45, 2.75) is 32.2 Å². The fourth-order valence-corrected chi connectivity index (χ4v) is 3.90. The maximum Gasteiger partial charge on any atom is 0.0357 e. The highest BCUT2D eigenvalue weighted by molar-refractivity contribution is 5.88. The molecule has 4 rings (SSSR count). The van der Waals surface area contributed by atoms with Crippen molar-refractivity contribution >= 4 is 10.8 Å². The Morgan fingerprint density at radius 1 is 1.05 bits per heavy atom. The van der Waals surface area contributed by atoms with E-state index in [1.807, 2.05) is 0 Å². The summed E-state index contributed by atoms with van der Waals surface area (Å²) in [6.45, 7) is 6.85. The molecule has 2 nitrogen and oxygen atoms in total. The summed E-state index contributed by atoms with van der Waals surface area (Å²) in [4.78, 5) is 2.71. The smallest absolute Gasteiger partial charge is 0.0357 e. The molecule has 2 aromatic carbocycles. The zero-order valence-electron chi connectivity index (χ0n) is 13.5. The Morgan fingerprint density at radius 2 is 1.77 bits per heavy atom. The molecular weight excluding hydrogens is 268 g/mol. The van der Waals surface area contributed by atoms with Crippen LogP contribution in [-0.2, 0) is 0 Å². The lowest BCUT2D eigenvalue weighted by Gasteiger charge is -2.36. The molecule has 1 N–H and O–H groups in total. The average molecular weight is 294 g/mol. The summed E-state index contributed by atoms with van der Waals surface area (Å²) in [5.74, 6) is 0.958. The monoisotopic (exact) mass is 294 g/mol.